The Kier molecular flexibility index (Phi) is 7.12. The molecule has 1 aliphatic rings. The third-order valence-electron chi connectivity index (χ3n) is 2.93. The van der Waals surface area contributed by atoms with Crippen molar-refractivity contribution in [3.05, 3.63) is 0 Å². The molecule has 1 saturated carbocycles. The molecule has 18 heavy (non-hydrogen) atoms. The molecule has 1 fully saturated rings. The molecule has 0 bridgehead atoms. The van der Waals surface area contributed by atoms with Crippen molar-refractivity contribution >= 4 is 24.4 Å². The van der Waals surface area contributed by atoms with Crippen LogP contribution in [0.2, 0.25) is 0 Å². The number of rotatable bonds is 7. The van der Waals surface area contributed by atoms with Gasteiger partial charge in [-0.05, 0) is 12.8 Å². The molecule has 2 N–H and O–H groups in total. The van der Waals surface area contributed by atoms with Crippen molar-refractivity contribution in [1.29, 1.82) is 0 Å². The first kappa shape index (κ1) is 15.3. The van der Waals surface area contributed by atoms with Crippen molar-refractivity contribution in [1.82, 2.24) is 10.6 Å². The first-order valence-electron chi connectivity index (χ1n) is 6.40. The topological polar surface area (TPSA) is 67.4 Å². The van der Waals surface area contributed by atoms with E-state index in [1.54, 1.807) is 0 Å². The van der Waals surface area contributed by atoms with Gasteiger partial charge in [0.2, 0.25) is 11.8 Å². The lowest BCUT2D eigenvalue weighted by Crippen LogP contribution is -2.48. The molecular weight excluding hydrogens is 252 g/mol. The Hall–Kier alpha value is -0.750. The minimum atomic E-state index is -0.572. The second-order valence-electron chi connectivity index (χ2n) is 4.50. The number of carbonyl (C=O) groups excluding carboxylic acids is 2. The summed E-state index contributed by atoms with van der Waals surface area (Å²) in [4.78, 5) is 22.5. The van der Waals surface area contributed by atoms with E-state index in [1.165, 1.54) is 19.8 Å². The highest BCUT2D eigenvalue weighted by atomic mass is 32.1. The van der Waals surface area contributed by atoms with Crippen LogP contribution in [-0.4, -0.2) is 42.9 Å². The maximum absolute atomic E-state index is 11.7. The van der Waals surface area contributed by atoms with Crippen molar-refractivity contribution in [3.63, 3.8) is 0 Å². The van der Waals surface area contributed by atoms with Gasteiger partial charge in [0.15, 0.2) is 0 Å². The second kappa shape index (κ2) is 8.37. The van der Waals surface area contributed by atoms with Gasteiger partial charge in [-0.2, -0.15) is 12.6 Å². The van der Waals surface area contributed by atoms with E-state index in [1.807, 2.05) is 0 Å². The van der Waals surface area contributed by atoms with E-state index in [0.717, 1.165) is 12.8 Å². The number of amides is 2. The summed E-state index contributed by atoms with van der Waals surface area (Å²) in [7, 11) is 0. The van der Waals surface area contributed by atoms with Crippen molar-refractivity contribution in [3.8, 4) is 0 Å². The van der Waals surface area contributed by atoms with E-state index in [-0.39, 0.29) is 17.6 Å². The first-order valence-corrected chi connectivity index (χ1v) is 7.04. The molecule has 0 spiro atoms. The molecule has 0 saturated heterocycles. The maximum Gasteiger partial charge on any atom is 0.243 e. The van der Waals surface area contributed by atoms with Crippen molar-refractivity contribution in [2.75, 3.05) is 18.9 Å². The van der Waals surface area contributed by atoms with Gasteiger partial charge in [0, 0.05) is 19.2 Å². The fraction of sp³-hybridized carbons (Fsp3) is 0.833. The summed E-state index contributed by atoms with van der Waals surface area (Å²) >= 11 is 4.04. The molecule has 1 atom stereocenters. The van der Waals surface area contributed by atoms with Gasteiger partial charge in [-0.15, -0.1) is 0 Å². The highest BCUT2D eigenvalue weighted by Gasteiger charge is 2.18. The second-order valence-corrected chi connectivity index (χ2v) is 4.87. The van der Waals surface area contributed by atoms with E-state index < -0.39 is 6.04 Å². The van der Waals surface area contributed by atoms with Crippen LogP contribution in [0.5, 0.6) is 0 Å². The van der Waals surface area contributed by atoms with Crippen LogP contribution in [-0.2, 0) is 14.3 Å². The number of carbonyl (C=O) groups is 2. The summed E-state index contributed by atoms with van der Waals surface area (Å²) in [6.45, 7) is 2.38. The first-order chi connectivity index (χ1) is 8.63. The predicted molar refractivity (Wildman–Crippen MR) is 72.7 cm³/mol. The summed E-state index contributed by atoms with van der Waals surface area (Å²) < 4.78 is 5.63. The Balaban J connectivity index is 2.12. The fourth-order valence-electron chi connectivity index (χ4n) is 2.02. The molecule has 5 nitrogen and oxygen atoms in total. The number of ether oxygens (including phenoxy) is 1. The lowest BCUT2D eigenvalue weighted by Gasteiger charge is -2.16. The molecule has 1 aliphatic carbocycles. The number of hydrogen-bond acceptors (Lipinski definition) is 4. The Morgan fingerprint density at radius 2 is 2.06 bits per heavy atom. The third kappa shape index (κ3) is 5.73. The highest BCUT2D eigenvalue weighted by molar-refractivity contribution is 7.80. The van der Waals surface area contributed by atoms with Crippen LogP contribution >= 0.6 is 12.6 Å². The molecule has 6 heteroatoms. The maximum atomic E-state index is 11.7. The highest BCUT2D eigenvalue weighted by Crippen LogP contribution is 2.20. The monoisotopic (exact) mass is 274 g/mol. The molecule has 0 aliphatic heterocycles. The molecule has 1 unspecified atom stereocenters. The van der Waals surface area contributed by atoms with Crippen molar-refractivity contribution in [2.24, 2.45) is 0 Å². The average Bonchev–Trinajstić information content (AvgIpc) is 2.84. The fourth-order valence-corrected chi connectivity index (χ4v) is 2.27. The van der Waals surface area contributed by atoms with Crippen LogP contribution in [0.4, 0.5) is 0 Å². The summed E-state index contributed by atoms with van der Waals surface area (Å²) in [5.74, 6) is -0.156. The smallest absolute Gasteiger partial charge is 0.243 e. The van der Waals surface area contributed by atoms with Gasteiger partial charge in [-0.25, -0.2) is 0 Å². The van der Waals surface area contributed by atoms with Gasteiger partial charge < -0.3 is 15.4 Å². The average molecular weight is 274 g/mol. The zero-order valence-electron chi connectivity index (χ0n) is 10.8. The van der Waals surface area contributed by atoms with Gasteiger partial charge in [0.05, 0.1) is 12.7 Å². The minimum Gasteiger partial charge on any atom is -0.376 e. The van der Waals surface area contributed by atoms with Gasteiger partial charge in [-0.1, -0.05) is 12.8 Å². The Bertz CT molecular complexity index is 280. The van der Waals surface area contributed by atoms with Crippen LogP contribution in [0.3, 0.4) is 0 Å². The van der Waals surface area contributed by atoms with E-state index in [9.17, 15) is 9.59 Å². The number of thiol groups is 1. The largest absolute Gasteiger partial charge is 0.376 e. The van der Waals surface area contributed by atoms with Crippen LogP contribution in [0.25, 0.3) is 0 Å². The van der Waals surface area contributed by atoms with Gasteiger partial charge in [0.25, 0.3) is 0 Å². The summed E-state index contributed by atoms with van der Waals surface area (Å²) in [6, 6.07) is -0.572. The summed E-state index contributed by atoms with van der Waals surface area (Å²) in [5.41, 5.74) is 0. The standard InChI is InChI=1S/C12H22N2O3S/c1-9(15)14-11(8-18)12(16)13-6-7-17-10-4-2-3-5-10/h10-11,18H,2-8H2,1H3,(H,13,16)(H,14,15). The minimum absolute atomic E-state index is 0.213. The van der Waals surface area contributed by atoms with E-state index in [0.29, 0.717) is 19.3 Å². The molecule has 1 rings (SSSR count). The van der Waals surface area contributed by atoms with Gasteiger partial charge in [0.1, 0.15) is 6.04 Å². The number of hydrogen-bond donors (Lipinski definition) is 3. The Morgan fingerprint density at radius 3 is 2.61 bits per heavy atom. The van der Waals surface area contributed by atoms with Crippen LogP contribution < -0.4 is 10.6 Å². The molecule has 0 aromatic carbocycles. The zero-order chi connectivity index (χ0) is 13.4. The lowest BCUT2D eigenvalue weighted by molar-refractivity contribution is -0.127. The molecular formula is C12H22N2O3S. The van der Waals surface area contributed by atoms with Gasteiger partial charge >= 0.3 is 0 Å². The lowest BCUT2D eigenvalue weighted by atomic mass is 10.3. The predicted octanol–water partition coefficient (Wildman–Crippen LogP) is 0.496. The van der Waals surface area contributed by atoms with Crippen molar-refractivity contribution in [2.45, 2.75) is 44.8 Å². The summed E-state index contributed by atoms with van der Waals surface area (Å²) in [5, 5.41) is 5.28. The normalized spacial score (nSPS) is 17.4. The third-order valence-corrected chi connectivity index (χ3v) is 3.30. The quantitative estimate of drug-likeness (QED) is 0.468. The van der Waals surface area contributed by atoms with Crippen molar-refractivity contribution < 1.29 is 14.3 Å². The Morgan fingerprint density at radius 1 is 1.39 bits per heavy atom. The molecule has 0 aromatic rings. The zero-order valence-corrected chi connectivity index (χ0v) is 11.7. The SMILES string of the molecule is CC(=O)NC(CS)C(=O)NCCOC1CCCC1. The van der Waals surface area contributed by atoms with Crippen LogP contribution in [0.15, 0.2) is 0 Å². The molecule has 0 radical (unpaired) electrons. The summed E-state index contributed by atoms with van der Waals surface area (Å²) in [6.07, 6.45) is 5.08. The number of nitrogens with one attached hydrogen (secondary N) is 2. The molecule has 104 valence electrons. The molecule has 0 heterocycles. The van der Waals surface area contributed by atoms with E-state index in [2.05, 4.69) is 23.3 Å². The molecule has 0 aromatic heterocycles. The van der Waals surface area contributed by atoms with Crippen LogP contribution in [0, 0.1) is 0 Å². The van der Waals surface area contributed by atoms with E-state index in [4.69, 9.17) is 4.74 Å². The van der Waals surface area contributed by atoms with Crippen LogP contribution in [0.1, 0.15) is 32.6 Å². The Labute approximate surface area is 113 Å². The van der Waals surface area contributed by atoms with E-state index >= 15 is 0 Å². The van der Waals surface area contributed by atoms with Gasteiger partial charge in [-0.3, -0.25) is 9.59 Å². The molecule has 2 amide bonds.